The van der Waals surface area contributed by atoms with E-state index in [0.29, 0.717) is 11.9 Å². The average Bonchev–Trinajstić information content (AvgIpc) is 2.45. The van der Waals surface area contributed by atoms with Gasteiger partial charge in [0, 0.05) is 18.5 Å². The molecular formula is C16H30N2O. The molecule has 2 unspecified atom stereocenters. The van der Waals surface area contributed by atoms with Gasteiger partial charge in [0.25, 0.3) is 0 Å². The van der Waals surface area contributed by atoms with Crippen molar-refractivity contribution in [2.75, 3.05) is 13.1 Å². The Morgan fingerprint density at radius 3 is 2.47 bits per heavy atom. The van der Waals surface area contributed by atoms with Crippen molar-refractivity contribution >= 4 is 5.91 Å². The van der Waals surface area contributed by atoms with Gasteiger partial charge in [-0.15, -0.1) is 0 Å². The molecule has 0 bridgehead atoms. The van der Waals surface area contributed by atoms with Gasteiger partial charge in [-0.05, 0) is 51.0 Å². The molecule has 0 radical (unpaired) electrons. The molecule has 1 heterocycles. The summed E-state index contributed by atoms with van der Waals surface area (Å²) in [7, 11) is 0. The van der Waals surface area contributed by atoms with E-state index in [1.54, 1.807) is 0 Å². The summed E-state index contributed by atoms with van der Waals surface area (Å²) in [6, 6.07) is 0.490. The van der Waals surface area contributed by atoms with Crippen molar-refractivity contribution in [1.82, 2.24) is 10.6 Å². The van der Waals surface area contributed by atoms with Crippen molar-refractivity contribution < 1.29 is 4.79 Å². The third-order valence-electron chi connectivity index (χ3n) is 5.10. The monoisotopic (exact) mass is 266 g/mol. The van der Waals surface area contributed by atoms with Gasteiger partial charge in [0.15, 0.2) is 0 Å². The van der Waals surface area contributed by atoms with Crippen molar-refractivity contribution in [1.29, 1.82) is 0 Å². The van der Waals surface area contributed by atoms with Gasteiger partial charge in [-0.25, -0.2) is 0 Å². The predicted octanol–water partition coefficient (Wildman–Crippen LogP) is 2.71. The van der Waals surface area contributed by atoms with E-state index in [1.165, 1.54) is 32.1 Å². The zero-order valence-electron chi connectivity index (χ0n) is 12.6. The van der Waals surface area contributed by atoms with Gasteiger partial charge in [0.05, 0.1) is 0 Å². The van der Waals surface area contributed by atoms with Crippen LogP contribution < -0.4 is 10.6 Å². The van der Waals surface area contributed by atoms with Crippen molar-refractivity contribution in [3.63, 3.8) is 0 Å². The molecule has 1 saturated carbocycles. The second kappa shape index (κ2) is 7.28. The second-order valence-electron chi connectivity index (χ2n) is 6.62. The van der Waals surface area contributed by atoms with E-state index in [9.17, 15) is 4.79 Å². The molecule has 0 aromatic carbocycles. The molecule has 19 heavy (non-hydrogen) atoms. The topological polar surface area (TPSA) is 41.1 Å². The standard InChI is InChI=1S/C16H30N2O/c1-3-13-4-6-14(7-5-13)11-18-16(19)15-8-9-17-12(2)10-15/h12-15,17H,3-11H2,1-2H3,(H,18,19). The summed E-state index contributed by atoms with van der Waals surface area (Å²) < 4.78 is 0. The number of hydrogen-bond acceptors (Lipinski definition) is 2. The second-order valence-corrected chi connectivity index (χ2v) is 6.62. The van der Waals surface area contributed by atoms with Crippen molar-refractivity contribution in [2.45, 2.75) is 64.8 Å². The maximum absolute atomic E-state index is 12.2. The summed E-state index contributed by atoms with van der Waals surface area (Å²) in [5, 5.41) is 6.61. The van der Waals surface area contributed by atoms with E-state index in [-0.39, 0.29) is 5.92 Å². The number of nitrogens with one attached hydrogen (secondary N) is 2. The maximum Gasteiger partial charge on any atom is 0.223 e. The Balaban J connectivity index is 1.66. The van der Waals surface area contributed by atoms with Gasteiger partial charge >= 0.3 is 0 Å². The Labute approximate surface area is 117 Å². The number of carbonyl (C=O) groups excluding carboxylic acids is 1. The Morgan fingerprint density at radius 2 is 1.84 bits per heavy atom. The molecule has 3 heteroatoms. The molecule has 3 nitrogen and oxygen atoms in total. The van der Waals surface area contributed by atoms with Gasteiger partial charge < -0.3 is 10.6 Å². The Kier molecular flexibility index (Phi) is 5.68. The van der Waals surface area contributed by atoms with Gasteiger partial charge in [-0.2, -0.15) is 0 Å². The summed E-state index contributed by atoms with van der Waals surface area (Å²) in [5.74, 6) is 2.21. The highest BCUT2D eigenvalue weighted by Gasteiger charge is 2.26. The van der Waals surface area contributed by atoms with Crippen LogP contribution in [0.3, 0.4) is 0 Å². The molecule has 2 aliphatic rings. The molecule has 0 spiro atoms. The molecule has 1 saturated heterocycles. The Bertz CT molecular complexity index is 284. The number of rotatable bonds is 4. The van der Waals surface area contributed by atoms with E-state index in [1.807, 2.05) is 0 Å². The molecule has 2 atom stereocenters. The molecule has 1 aliphatic carbocycles. The molecular weight excluding hydrogens is 236 g/mol. The third kappa shape index (κ3) is 4.48. The van der Waals surface area contributed by atoms with E-state index in [2.05, 4.69) is 24.5 Å². The van der Waals surface area contributed by atoms with Crippen LogP contribution in [-0.2, 0) is 4.79 Å². The van der Waals surface area contributed by atoms with E-state index >= 15 is 0 Å². The SMILES string of the molecule is CCC1CCC(CNC(=O)C2CCNC(C)C2)CC1. The molecule has 2 fully saturated rings. The molecule has 0 aromatic heterocycles. The molecule has 2 rings (SSSR count). The first kappa shape index (κ1) is 14.8. The van der Waals surface area contributed by atoms with Crippen LogP contribution in [0.15, 0.2) is 0 Å². The zero-order chi connectivity index (χ0) is 13.7. The highest BCUT2D eigenvalue weighted by atomic mass is 16.1. The van der Waals surface area contributed by atoms with Crippen LogP contribution in [-0.4, -0.2) is 25.0 Å². The lowest BCUT2D eigenvalue weighted by Crippen LogP contribution is -2.43. The smallest absolute Gasteiger partial charge is 0.223 e. The highest BCUT2D eigenvalue weighted by Crippen LogP contribution is 2.30. The fourth-order valence-corrected chi connectivity index (χ4v) is 3.60. The maximum atomic E-state index is 12.2. The Hall–Kier alpha value is -0.570. The van der Waals surface area contributed by atoms with Crippen LogP contribution in [0.25, 0.3) is 0 Å². The fraction of sp³-hybridized carbons (Fsp3) is 0.938. The van der Waals surface area contributed by atoms with E-state index < -0.39 is 0 Å². The lowest BCUT2D eigenvalue weighted by molar-refractivity contribution is -0.126. The number of carbonyl (C=O) groups is 1. The van der Waals surface area contributed by atoms with Crippen LogP contribution in [0.4, 0.5) is 0 Å². The van der Waals surface area contributed by atoms with E-state index in [4.69, 9.17) is 0 Å². The lowest BCUT2D eigenvalue weighted by atomic mass is 9.81. The Morgan fingerprint density at radius 1 is 1.16 bits per heavy atom. The van der Waals surface area contributed by atoms with Gasteiger partial charge in [-0.3, -0.25) is 4.79 Å². The van der Waals surface area contributed by atoms with Crippen LogP contribution in [0.5, 0.6) is 0 Å². The van der Waals surface area contributed by atoms with Crippen molar-refractivity contribution in [3.8, 4) is 0 Å². The average molecular weight is 266 g/mol. The van der Waals surface area contributed by atoms with Gasteiger partial charge in [-0.1, -0.05) is 26.2 Å². The van der Waals surface area contributed by atoms with Crippen molar-refractivity contribution in [2.24, 2.45) is 17.8 Å². The van der Waals surface area contributed by atoms with Crippen LogP contribution >= 0.6 is 0 Å². The van der Waals surface area contributed by atoms with Crippen LogP contribution in [0.1, 0.15) is 58.8 Å². The minimum absolute atomic E-state index is 0.239. The summed E-state index contributed by atoms with van der Waals surface area (Å²) in [4.78, 5) is 12.2. The van der Waals surface area contributed by atoms with Gasteiger partial charge in [0.1, 0.15) is 0 Å². The normalized spacial score (nSPS) is 35.9. The van der Waals surface area contributed by atoms with Crippen LogP contribution in [0, 0.1) is 17.8 Å². The predicted molar refractivity (Wildman–Crippen MR) is 78.9 cm³/mol. The minimum atomic E-state index is 0.239. The number of amides is 1. The molecule has 1 amide bonds. The minimum Gasteiger partial charge on any atom is -0.356 e. The summed E-state index contributed by atoms with van der Waals surface area (Å²) in [6.45, 7) is 6.37. The first-order valence-corrected chi connectivity index (χ1v) is 8.20. The molecule has 2 N–H and O–H groups in total. The third-order valence-corrected chi connectivity index (χ3v) is 5.10. The number of hydrogen-bond donors (Lipinski definition) is 2. The van der Waals surface area contributed by atoms with E-state index in [0.717, 1.165) is 37.8 Å². The highest BCUT2D eigenvalue weighted by molar-refractivity contribution is 5.78. The molecule has 110 valence electrons. The zero-order valence-corrected chi connectivity index (χ0v) is 12.6. The first-order valence-electron chi connectivity index (χ1n) is 8.20. The fourth-order valence-electron chi connectivity index (χ4n) is 3.60. The largest absolute Gasteiger partial charge is 0.356 e. The first-order chi connectivity index (χ1) is 9.19. The summed E-state index contributed by atoms with van der Waals surface area (Å²) in [6.07, 6.45) is 8.66. The molecule has 0 aromatic rings. The number of piperidine rings is 1. The molecule has 1 aliphatic heterocycles. The van der Waals surface area contributed by atoms with Gasteiger partial charge in [0.2, 0.25) is 5.91 Å². The van der Waals surface area contributed by atoms with Crippen LogP contribution in [0.2, 0.25) is 0 Å². The quantitative estimate of drug-likeness (QED) is 0.821. The lowest BCUT2D eigenvalue weighted by Gasteiger charge is -2.30. The van der Waals surface area contributed by atoms with Crippen molar-refractivity contribution in [3.05, 3.63) is 0 Å². The summed E-state index contributed by atoms with van der Waals surface area (Å²) in [5.41, 5.74) is 0. The summed E-state index contributed by atoms with van der Waals surface area (Å²) >= 11 is 0.